The molecule has 0 spiro atoms. The van der Waals surface area contributed by atoms with Gasteiger partial charge in [-0.3, -0.25) is 0 Å². The molecule has 4 nitrogen and oxygen atoms in total. The van der Waals surface area contributed by atoms with Crippen molar-refractivity contribution >= 4 is 51.2 Å². The second-order valence-corrected chi connectivity index (χ2v) is 6.66. The number of nitrogens with zero attached hydrogens (tertiary/aromatic N) is 2. The van der Waals surface area contributed by atoms with Crippen LogP contribution in [0.1, 0.15) is 12.6 Å². The Bertz CT molecular complexity index is 743. The number of halogens is 1. The SMILES string of the molecule is CC1=IC=c2nc(N)c3c(C)noc3c2=C1. The highest BCUT2D eigenvalue weighted by atomic mass is 127. The van der Waals surface area contributed by atoms with E-state index in [-0.39, 0.29) is 20.7 Å². The number of fused-ring (bicyclic) bond motifs is 3. The van der Waals surface area contributed by atoms with E-state index in [1.54, 1.807) is 0 Å². The van der Waals surface area contributed by atoms with Gasteiger partial charge in [-0.2, -0.15) is 0 Å². The van der Waals surface area contributed by atoms with E-state index in [4.69, 9.17) is 10.3 Å². The van der Waals surface area contributed by atoms with Gasteiger partial charge in [-0.25, -0.2) is 4.98 Å². The minimum Gasteiger partial charge on any atom is -0.383 e. The zero-order valence-electron chi connectivity index (χ0n) is 8.91. The van der Waals surface area contributed by atoms with Crippen LogP contribution in [0.3, 0.4) is 0 Å². The summed E-state index contributed by atoms with van der Waals surface area (Å²) in [6, 6.07) is 0. The van der Waals surface area contributed by atoms with Crippen molar-refractivity contribution < 1.29 is 4.52 Å². The molecule has 2 N–H and O–H groups in total. The average molecular weight is 327 g/mol. The molecule has 3 heterocycles. The van der Waals surface area contributed by atoms with Crippen molar-refractivity contribution in [3.63, 3.8) is 0 Å². The monoisotopic (exact) mass is 327 g/mol. The topological polar surface area (TPSA) is 64.9 Å². The predicted molar refractivity (Wildman–Crippen MR) is 73.8 cm³/mol. The lowest BCUT2D eigenvalue weighted by Crippen LogP contribution is -2.31. The summed E-state index contributed by atoms with van der Waals surface area (Å²) in [4.78, 5) is 4.41. The van der Waals surface area contributed by atoms with E-state index in [1.807, 2.05) is 6.92 Å². The lowest BCUT2D eigenvalue weighted by Gasteiger charge is -2.00. The molecule has 2 aromatic heterocycles. The first-order valence-electron chi connectivity index (χ1n) is 4.87. The van der Waals surface area contributed by atoms with Gasteiger partial charge >= 0.3 is 0 Å². The van der Waals surface area contributed by atoms with Gasteiger partial charge in [0, 0.05) is 5.22 Å². The highest BCUT2D eigenvalue weighted by molar-refractivity contribution is 14.2. The molecule has 3 rings (SSSR count). The standard InChI is InChI=1S/C11H10IN3O/c1-5-3-7-8(4-12-5)14-11(13)9-6(2)15-16-10(7)9/h3-4H,1-2H3,(H2,13,14). The van der Waals surface area contributed by atoms with Crippen LogP contribution < -0.4 is 16.3 Å². The van der Waals surface area contributed by atoms with Crippen molar-refractivity contribution in [2.75, 3.05) is 5.73 Å². The summed E-state index contributed by atoms with van der Waals surface area (Å²) in [6.45, 7) is 4.02. The number of hydrogen-bond acceptors (Lipinski definition) is 4. The van der Waals surface area contributed by atoms with Crippen LogP contribution in [0.4, 0.5) is 5.82 Å². The molecule has 2 aromatic rings. The molecule has 0 fully saturated rings. The number of aryl methyl sites for hydroxylation is 1. The van der Waals surface area contributed by atoms with E-state index in [2.05, 4.69) is 27.2 Å². The van der Waals surface area contributed by atoms with E-state index < -0.39 is 0 Å². The Morgan fingerprint density at radius 1 is 1.38 bits per heavy atom. The lowest BCUT2D eigenvalue weighted by atomic mass is 10.2. The Balaban J connectivity index is 2.62. The third kappa shape index (κ3) is 1.31. The molecule has 1 aliphatic rings. The van der Waals surface area contributed by atoms with Crippen LogP contribution in [0.2, 0.25) is 0 Å². The maximum atomic E-state index is 5.92. The minimum absolute atomic E-state index is 0.0436. The molecule has 16 heavy (non-hydrogen) atoms. The van der Waals surface area contributed by atoms with Crippen LogP contribution in [-0.2, 0) is 0 Å². The van der Waals surface area contributed by atoms with E-state index in [0.29, 0.717) is 5.82 Å². The lowest BCUT2D eigenvalue weighted by molar-refractivity contribution is 0.448. The number of aromatic nitrogens is 2. The summed E-state index contributed by atoms with van der Waals surface area (Å²) >= 11 is -0.0436. The molecule has 0 saturated heterocycles. The van der Waals surface area contributed by atoms with E-state index in [9.17, 15) is 0 Å². The van der Waals surface area contributed by atoms with Gasteiger partial charge in [-0.15, -0.1) is 0 Å². The first-order valence-corrected chi connectivity index (χ1v) is 7.19. The molecule has 5 heteroatoms. The van der Waals surface area contributed by atoms with Crippen LogP contribution in [0, 0.1) is 6.92 Å². The first kappa shape index (κ1) is 9.95. The van der Waals surface area contributed by atoms with Gasteiger partial charge in [0.15, 0.2) is 5.58 Å². The summed E-state index contributed by atoms with van der Waals surface area (Å²) in [5.74, 6) is 0.515. The molecule has 0 saturated carbocycles. The van der Waals surface area contributed by atoms with Crippen LogP contribution in [0.5, 0.6) is 0 Å². The Kier molecular flexibility index (Phi) is 2.10. The highest BCUT2D eigenvalue weighted by Crippen LogP contribution is 2.19. The number of rotatable bonds is 0. The van der Waals surface area contributed by atoms with Gasteiger partial charge < -0.3 is 10.3 Å². The Morgan fingerprint density at radius 2 is 2.19 bits per heavy atom. The molecular formula is C11H10IN3O. The minimum atomic E-state index is -0.0436. The molecular weight excluding hydrogens is 317 g/mol. The fourth-order valence-electron chi connectivity index (χ4n) is 1.81. The number of nitrogens with two attached hydrogens (primary N) is 1. The summed E-state index contributed by atoms with van der Waals surface area (Å²) in [5.41, 5.74) is 7.48. The van der Waals surface area contributed by atoms with E-state index in [0.717, 1.165) is 27.2 Å². The quantitative estimate of drug-likeness (QED) is 0.728. The fraction of sp³-hybridized carbons (Fsp3) is 0.182. The third-order valence-electron chi connectivity index (χ3n) is 2.55. The van der Waals surface area contributed by atoms with E-state index >= 15 is 0 Å². The number of anilines is 1. The van der Waals surface area contributed by atoms with Crippen molar-refractivity contribution in [3.8, 4) is 0 Å². The maximum Gasteiger partial charge on any atom is 0.180 e. The molecule has 0 aromatic carbocycles. The zero-order chi connectivity index (χ0) is 11.3. The molecule has 0 unspecified atom stereocenters. The molecule has 0 radical (unpaired) electrons. The van der Waals surface area contributed by atoms with Gasteiger partial charge in [-0.05, 0) is 27.5 Å². The number of nitrogen functional groups attached to an aromatic ring is 1. The molecule has 0 atom stereocenters. The van der Waals surface area contributed by atoms with E-state index in [1.165, 1.54) is 3.51 Å². The molecule has 82 valence electrons. The summed E-state index contributed by atoms with van der Waals surface area (Å²) in [5, 5.41) is 6.77. The van der Waals surface area contributed by atoms with Crippen molar-refractivity contribution in [2.24, 2.45) is 0 Å². The number of pyridine rings is 1. The molecule has 0 bridgehead atoms. The summed E-state index contributed by atoms with van der Waals surface area (Å²) in [7, 11) is 0. The Hall–Kier alpha value is -1.24. The van der Waals surface area contributed by atoms with Crippen molar-refractivity contribution in [1.82, 2.24) is 10.1 Å². The van der Waals surface area contributed by atoms with Gasteiger partial charge in [0.1, 0.15) is 5.82 Å². The highest BCUT2D eigenvalue weighted by Gasteiger charge is 2.12. The van der Waals surface area contributed by atoms with Crippen LogP contribution >= 0.6 is 20.7 Å². The van der Waals surface area contributed by atoms with Crippen molar-refractivity contribution in [2.45, 2.75) is 13.8 Å². The normalized spacial score (nSPS) is 14.5. The van der Waals surface area contributed by atoms with Gasteiger partial charge in [-0.1, -0.05) is 25.9 Å². The molecule has 0 aliphatic carbocycles. The number of hydrogen-bond donors (Lipinski definition) is 1. The van der Waals surface area contributed by atoms with Crippen molar-refractivity contribution in [1.29, 1.82) is 0 Å². The van der Waals surface area contributed by atoms with Gasteiger partial charge in [0.05, 0.1) is 16.4 Å². The second-order valence-electron chi connectivity index (χ2n) is 3.72. The smallest absolute Gasteiger partial charge is 0.180 e. The van der Waals surface area contributed by atoms with Crippen LogP contribution in [0.25, 0.3) is 21.1 Å². The molecule has 1 aliphatic heterocycles. The predicted octanol–water partition coefficient (Wildman–Crippen LogP) is 0.809. The van der Waals surface area contributed by atoms with Crippen LogP contribution in [0.15, 0.2) is 4.52 Å². The average Bonchev–Trinajstić information content (AvgIpc) is 2.63. The molecule has 0 amide bonds. The fourth-order valence-corrected chi connectivity index (χ4v) is 3.56. The summed E-state index contributed by atoms with van der Waals surface area (Å²) < 4.78 is 8.93. The van der Waals surface area contributed by atoms with Crippen LogP contribution in [-0.4, -0.2) is 13.6 Å². The summed E-state index contributed by atoms with van der Waals surface area (Å²) in [6.07, 6.45) is 2.14. The largest absolute Gasteiger partial charge is 0.383 e. The zero-order valence-corrected chi connectivity index (χ0v) is 11.1. The second kappa shape index (κ2) is 3.38. The van der Waals surface area contributed by atoms with Gasteiger partial charge in [0.2, 0.25) is 0 Å². The third-order valence-corrected chi connectivity index (χ3v) is 4.75. The maximum absolute atomic E-state index is 5.92. The first-order chi connectivity index (χ1) is 7.66. The Labute approximate surface area is 102 Å². The Morgan fingerprint density at radius 3 is 3.00 bits per heavy atom. The van der Waals surface area contributed by atoms with Crippen molar-refractivity contribution in [3.05, 3.63) is 16.3 Å². The van der Waals surface area contributed by atoms with Gasteiger partial charge in [0.25, 0.3) is 0 Å².